The van der Waals surface area contributed by atoms with Crippen LogP contribution in [0.4, 0.5) is 0 Å². The van der Waals surface area contributed by atoms with Crippen LogP contribution in [0.5, 0.6) is 0 Å². The van der Waals surface area contributed by atoms with Gasteiger partial charge in [0.05, 0.1) is 11.4 Å². The zero-order valence-corrected chi connectivity index (χ0v) is 15.5. The number of carbonyl (C=O) groups is 2. The maximum absolute atomic E-state index is 12.5. The van der Waals surface area contributed by atoms with E-state index in [0.717, 1.165) is 4.31 Å². The number of hydrogen-bond acceptors (Lipinski definition) is 5. The molecule has 0 aliphatic carbocycles. The number of piperazine rings is 1. The van der Waals surface area contributed by atoms with Crippen molar-refractivity contribution in [1.82, 2.24) is 14.9 Å². The molecule has 1 saturated heterocycles. The van der Waals surface area contributed by atoms with Gasteiger partial charge in [-0.2, -0.15) is 4.31 Å². The fraction of sp³-hybridized carbons (Fsp3) is 0.467. The van der Waals surface area contributed by atoms with Crippen LogP contribution < -0.4 is 16.4 Å². The summed E-state index contributed by atoms with van der Waals surface area (Å²) in [5.74, 6) is -0.605. The SMILES string of the molecule is CC(N)CCNC(=O)c1ccc(S(=O)(=O)N2CCNC(=O)C2)cc1.Cl. The Balaban J connectivity index is 0.00000312. The molecule has 4 N–H and O–H groups in total. The molecular weight excluding hydrogens is 368 g/mol. The van der Waals surface area contributed by atoms with Crippen molar-refractivity contribution in [2.45, 2.75) is 24.3 Å². The largest absolute Gasteiger partial charge is 0.354 e. The summed E-state index contributed by atoms with van der Waals surface area (Å²) < 4.78 is 26.1. The zero-order chi connectivity index (χ0) is 17.7. The molecule has 1 unspecified atom stereocenters. The Bertz CT molecular complexity index is 707. The summed E-state index contributed by atoms with van der Waals surface area (Å²) in [7, 11) is -3.74. The van der Waals surface area contributed by atoms with Crippen LogP contribution in [0.1, 0.15) is 23.7 Å². The van der Waals surface area contributed by atoms with Crippen LogP contribution in [0.3, 0.4) is 0 Å². The second kappa shape index (κ2) is 9.14. The molecule has 25 heavy (non-hydrogen) atoms. The highest BCUT2D eigenvalue weighted by molar-refractivity contribution is 7.89. The van der Waals surface area contributed by atoms with Crippen LogP contribution in [0.25, 0.3) is 0 Å². The molecule has 1 aliphatic rings. The summed E-state index contributed by atoms with van der Waals surface area (Å²) in [5, 5.41) is 5.31. The second-order valence-electron chi connectivity index (χ2n) is 5.73. The van der Waals surface area contributed by atoms with Crippen LogP contribution in [0.2, 0.25) is 0 Å². The summed E-state index contributed by atoms with van der Waals surface area (Å²) in [6, 6.07) is 5.67. The lowest BCUT2D eigenvalue weighted by Gasteiger charge is -2.25. The monoisotopic (exact) mass is 390 g/mol. The van der Waals surface area contributed by atoms with Gasteiger partial charge < -0.3 is 16.4 Å². The molecule has 1 heterocycles. The number of nitrogens with two attached hydrogens (primary N) is 1. The first-order valence-corrected chi connectivity index (χ1v) is 9.15. The van der Waals surface area contributed by atoms with E-state index >= 15 is 0 Å². The number of nitrogens with one attached hydrogen (secondary N) is 2. The van der Waals surface area contributed by atoms with E-state index in [1.54, 1.807) is 0 Å². The van der Waals surface area contributed by atoms with E-state index in [1.807, 2.05) is 6.92 Å². The van der Waals surface area contributed by atoms with E-state index in [9.17, 15) is 18.0 Å². The summed E-state index contributed by atoms with van der Waals surface area (Å²) in [4.78, 5) is 23.4. The Morgan fingerprint density at radius 3 is 2.56 bits per heavy atom. The number of amides is 2. The first-order chi connectivity index (χ1) is 11.3. The van der Waals surface area contributed by atoms with Gasteiger partial charge in [0.1, 0.15) is 0 Å². The van der Waals surface area contributed by atoms with Gasteiger partial charge >= 0.3 is 0 Å². The summed E-state index contributed by atoms with van der Waals surface area (Å²) in [5.41, 5.74) is 5.99. The first-order valence-electron chi connectivity index (χ1n) is 7.71. The summed E-state index contributed by atoms with van der Waals surface area (Å²) in [6.45, 7) is 2.64. The number of sulfonamides is 1. The third kappa shape index (κ3) is 5.67. The fourth-order valence-electron chi connectivity index (χ4n) is 2.26. The van der Waals surface area contributed by atoms with E-state index in [-0.39, 0.29) is 54.8 Å². The average molecular weight is 391 g/mol. The van der Waals surface area contributed by atoms with Gasteiger partial charge in [0, 0.05) is 31.2 Å². The first kappa shape index (κ1) is 21.4. The number of rotatable bonds is 6. The van der Waals surface area contributed by atoms with Crippen LogP contribution in [-0.2, 0) is 14.8 Å². The van der Waals surface area contributed by atoms with E-state index in [0.29, 0.717) is 18.5 Å². The molecule has 1 aromatic carbocycles. The predicted molar refractivity (Wildman–Crippen MR) is 96.1 cm³/mol. The quantitative estimate of drug-likeness (QED) is 0.615. The lowest BCUT2D eigenvalue weighted by molar-refractivity contribution is -0.122. The molecule has 1 aromatic rings. The van der Waals surface area contributed by atoms with Crippen molar-refractivity contribution in [2.24, 2.45) is 5.73 Å². The Labute approximate surface area is 153 Å². The maximum Gasteiger partial charge on any atom is 0.251 e. The van der Waals surface area contributed by atoms with Crippen LogP contribution >= 0.6 is 12.4 Å². The molecule has 140 valence electrons. The van der Waals surface area contributed by atoms with E-state index in [1.165, 1.54) is 24.3 Å². The van der Waals surface area contributed by atoms with E-state index in [2.05, 4.69) is 10.6 Å². The number of nitrogens with zero attached hydrogens (tertiary/aromatic N) is 1. The van der Waals surface area contributed by atoms with Crippen LogP contribution in [0.15, 0.2) is 29.2 Å². The molecule has 0 saturated carbocycles. The Hall–Kier alpha value is -1.68. The number of benzene rings is 1. The minimum Gasteiger partial charge on any atom is -0.354 e. The maximum atomic E-state index is 12.5. The Morgan fingerprint density at radius 2 is 2.00 bits per heavy atom. The topological polar surface area (TPSA) is 122 Å². The van der Waals surface area contributed by atoms with Gasteiger partial charge in [-0.1, -0.05) is 0 Å². The van der Waals surface area contributed by atoms with E-state index < -0.39 is 10.0 Å². The normalized spacial score (nSPS) is 16.5. The Morgan fingerprint density at radius 1 is 1.36 bits per heavy atom. The van der Waals surface area contributed by atoms with Crippen molar-refractivity contribution in [1.29, 1.82) is 0 Å². The molecule has 0 bridgehead atoms. The van der Waals surface area contributed by atoms with Gasteiger partial charge in [-0.05, 0) is 37.6 Å². The molecular formula is C15H23ClN4O4S. The molecule has 10 heteroatoms. The smallest absolute Gasteiger partial charge is 0.251 e. The minimum atomic E-state index is -3.74. The molecule has 2 rings (SSSR count). The third-order valence-electron chi connectivity index (χ3n) is 3.64. The van der Waals surface area contributed by atoms with Crippen molar-refractivity contribution >= 4 is 34.2 Å². The average Bonchev–Trinajstić information content (AvgIpc) is 2.54. The van der Waals surface area contributed by atoms with Gasteiger partial charge in [0.25, 0.3) is 5.91 Å². The number of hydrogen-bond donors (Lipinski definition) is 3. The van der Waals surface area contributed by atoms with Crippen molar-refractivity contribution < 1.29 is 18.0 Å². The van der Waals surface area contributed by atoms with Crippen molar-refractivity contribution in [3.8, 4) is 0 Å². The molecule has 0 radical (unpaired) electrons. The van der Waals surface area contributed by atoms with Gasteiger partial charge in [0.15, 0.2) is 0 Å². The van der Waals surface area contributed by atoms with Gasteiger partial charge in [-0.3, -0.25) is 9.59 Å². The highest BCUT2D eigenvalue weighted by Crippen LogP contribution is 2.17. The minimum absolute atomic E-state index is 0. The highest BCUT2D eigenvalue weighted by Gasteiger charge is 2.29. The summed E-state index contributed by atoms with van der Waals surface area (Å²) >= 11 is 0. The van der Waals surface area contributed by atoms with E-state index in [4.69, 9.17) is 5.73 Å². The van der Waals surface area contributed by atoms with Crippen molar-refractivity contribution in [3.63, 3.8) is 0 Å². The van der Waals surface area contributed by atoms with Gasteiger partial charge in [0.2, 0.25) is 15.9 Å². The standard InChI is InChI=1S/C15H22N4O4S.ClH/c1-11(16)6-7-18-15(21)12-2-4-13(5-3-12)24(22,23)19-9-8-17-14(20)10-19;/h2-5,11H,6-10,16H2,1H3,(H,17,20)(H,18,21);1H. The highest BCUT2D eigenvalue weighted by atomic mass is 35.5. The molecule has 0 spiro atoms. The van der Waals surface area contributed by atoms with Crippen LogP contribution in [-0.4, -0.2) is 56.8 Å². The Kier molecular flexibility index (Phi) is 7.81. The molecule has 2 amide bonds. The van der Waals surface area contributed by atoms with Gasteiger partial charge in [-0.15, -0.1) is 12.4 Å². The molecule has 0 aromatic heterocycles. The predicted octanol–water partition coefficient (Wildman–Crippen LogP) is -0.304. The fourth-order valence-corrected chi connectivity index (χ4v) is 3.66. The molecule has 1 fully saturated rings. The lowest BCUT2D eigenvalue weighted by Crippen LogP contribution is -2.49. The third-order valence-corrected chi connectivity index (χ3v) is 5.50. The van der Waals surface area contributed by atoms with Gasteiger partial charge in [-0.25, -0.2) is 8.42 Å². The summed E-state index contributed by atoms with van der Waals surface area (Å²) in [6.07, 6.45) is 0.662. The second-order valence-corrected chi connectivity index (χ2v) is 7.67. The molecule has 1 aliphatic heterocycles. The number of halogens is 1. The molecule has 8 nitrogen and oxygen atoms in total. The number of carbonyl (C=O) groups excluding carboxylic acids is 2. The lowest BCUT2D eigenvalue weighted by atomic mass is 10.2. The van der Waals surface area contributed by atoms with Crippen LogP contribution in [0, 0.1) is 0 Å². The zero-order valence-electron chi connectivity index (χ0n) is 13.9. The molecule has 1 atom stereocenters. The van der Waals surface area contributed by atoms with Crippen molar-refractivity contribution in [2.75, 3.05) is 26.2 Å². The van der Waals surface area contributed by atoms with Crippen molar-refractivity contribution in [3.05, 3.63) is 29.8 Å².